The van der Waals surface area contributed by atoms with Gasteiger partial charge in [-0.25, -0.2) is 0 Å². The first kappa shape index (κ1) is 16.4. The van der Waals surface area contributed by atoms with Gasteiger partial charge < -0.3 is 21.1 Å². The quantitative estimate of drug-likeness (QED) is 0.701. The van der Waals surface area contributed by atoms with Gasteiger partial charge in [0.1, 0.15) is 5.75 Å². The van der Waals surface area contributed by atoms with E-state index in [1.165, 1.54) is 0 Å². The third-order valence-corrected chi connectivity index (χ3v) is 3.23. The molecule has 0 aromatic heterocycles. The molecule has 2 rings (SSSR count). The Morgan fingerprint density at radius 2 is 1.65 bits per heavy atom. The van der Waals surface area contributed by atoms with E-state index < -0.39 is 0 Å². The zero-order chi connectivity index (χ0) is 16.7. The highest BCUT2D eigenvalue weighted by atomic mass is 16.5. The number of rotatable bonds is 6. The number of anilines is 1. The van der Waals surface area contributed by atoms with Crippen LogP contribution >= 0.6 is 0 Å². The van der Waals surface area contributed by atoms with E-state index in [1.807, 2.05) is 24.3 Å². The summed E-state index contributed by atoms with van der Waals surface area (Å²) in [4.78, 5) is 23.6. The van der Waals surface area contributed by atoms with E-state index in [2.05, 4.69) is 10.6 Å². The number of carbonyl (C=O) groups is 2. The molecule has 2 aromatic carbocycles. The fraction of sp³-hybridized carbons (Fsp3) is 0.176. The van der Waals surface area contributed by atoms with Gasteiger partial charge in [0.15, 0.2) is 0 Å². The van der Waals surface area contributed by atoms with Gasteiger partial charge in [0.2, 0.25) is 5.91 Å². The van der Waals surface area contributed by atoms with Gasteiger partial charge in [-0.05, 0) is 42.0 Å². The van der Waals surface area contributed by atoms with Crippen LogP contribution in [0.2, 0.25) is 0 Å². The highest BCUT2D eigenvalue weighted by Gasteiger charge is 2.07. The first-order valence-electron chi connectivity index (χ1n) is 7.12. The van der Waals surface area contributed by atoms with Gasteiger partial charge in [-0.1, -0.05) is 12.1 Å². The molecule has 2 amide bonds. The van der Waals surface area contributed by atoms with Crippen molar-refractivity contribution in [1.82, 2.24) is 10.6 Å². The highest BCUT2D eigenvalue weighted by molar-refractivity contribution is 5.96. The third kappa shape index (κ3) is 5.03. The smallest absolute Gasteiger partial charge is 0.251 e. The van der Waals surface area contributed by atoms with Crippen molar-refractivity contribution in [3.63, 3.8) is 0 Å². The van der Waals surface area contributed by atoms with Crippen molar-refractivity contribution >= 4 is 17.5 Å². The minimum Gasteiger partial charge on any atom is -0.497 e. The lowest BCUT2D eigenvalue weighted by molar-refractivity contribution is -0.120. The van der Waals surface area contributed by atoms with Gasteiger partial charge in [0, 0.05) is 17.8 Å². The zero-order valence-corrected chi connectivity index (χ0v) is 12.8. The van der Waals surface area contributed by atoms with E-state index >= 15 is 0 Å². The lowest BCUT2D eigenvalue weighted by atomic mass is 10.2. The summed E-state index contributed by atoms with van der Waals surface area (Å²) in [6.07, 6.45) is 0. The van der Waals surface area contributed by atoms with E-state index in [1.54, 1.807) is 31.4 Å². The standard InChI is InChI=1S/C17H19N3O3/c1-23-15-8-2-12(3-9-15)10-19-16(21)11-20-17(22)13-4-6-14(18)7-5-13/h2-9H,10-11,18H2,1H3,(H,19,21)(H,20,22). The molecular weight excluding hydrogens is 294 g/mol. The Morgan fingerprint density at radius 3 is 2.26 bits per heavy atom. The number of ether oxygens (including phenoxy) is 1. The monoisotopic (exact) mass is 313 g/mol. The van der Waals surface area contributed by atoms with Gasteiger partial charge >= 0.3 is 0 Å². The molecule has 23 heavy (non-hydrogen) atoms. The van der Waals surface area contributed by atoms with Crippen LogP contribution in [0.4, 0.5) is 5.69 Å². The topological polar surface area (TPSA) is 93.5 Å². The Kier molecular flexibility index (Phi) is 5.57. The van der Waals surface area contributed by atoms with Crippen LogP contribution in [0, 0.1) is 0 Å². The van der Waals surface area contributed by atoms with Crippen molar-refractivity contribution in [3.05, 3.63) is 59.7 Å². The van der Waals surface area contributed by atoms with Crippen LogP contribution in [0.25, 0.3) is 0 Å². The van der Waals surface area contributed by atoms with Gasteiger partial charge in [0.25, 0.3) is 5.91 Å². The molecule has 0 atom stereocenters. The maximum absolute atomic E-state index is 11.9. The molecule has 0 spiro atoms. The van der Waals surface area contributed by atoms with Gasteiger partial charge in [-0.15, -0.1) is 0 Å². The van der Waals surface area contributed by atoms with Crippen molar-refractivity contribution in [2.45, 2.75) is 6.54 Å². The van der Waals surface area contributed by atoms with E-state index in [-0.39, 0.29) is 18.4 Å². The molecule has 120 valence electrons. The molecule has 0 bridgehead atoms. The first-order valence-corrected chi connectivity index (χ1v) is 7.12. The lowest BCUT2D eigenvalue weighted by Gasteiger charge is -2.08. The minimum absolute atomic E-state index is 0.0840. The van der Waals surface area contributed by atoms with Crippen LogP contribution < -0.4 is 21.1 Å². The van der Waals surface area contributed by atoms with Crippen molar-refractivity contribution in [2.75, 3.05) is 19.4 Å². The number of nitrogens with two attached hydrogens (primary N) is 1. The molecule has 0 aliphatic rings. The lowest BCUT2D eigenvalue weighted by Crippen LogP contribution is -2.36. The van der Waals surface area contributed by atoms with Crippen molar-refractivity contribution in [3.8, 4) is 5.75 Å². The second-order valence-electron chi connectivity index (χ2n) is 4.93. The zero-order valence-electron chi connectivity index (χ0n) is 12.8. The fourth-order valence-electron chi connectivity index (χ4n) is 1.90. The number of amides is 2. The Labute approximate surface area is 134 Å². The first-order chi connectivity index (χ1) is 11.1. The molecule has 0 saturated carbocycles. The van der Waals surface area contributed by atoms with E-state index in [0.717, 1.165) is 11.3 Å². The Bertz CT molecular complexity index is 666. The number of nitrogens with one attached hydrogen (secondary N) is 2. The fourth-order valence-corrected chi connectivity index (χ4v) is 1.90. The van der Waals surface area contributed by atoms with Crippen LogP contribution in [0.5, 0.6) is 5.75 Å². The number of nitrogen functional groups attached to an aromatic ring is 1. The number of hydrogen-bond acceptors (Lipinski definition) is 4. The maximum atomic E-state index is 11.9. The SMILES string of the molecule is COc1ccc(CNC(=O)CNC(=O)c2ccc(N)cc2)cc1. The summed E-state index contributed by atoms with van der Waals surface area (Å²) >= 11 is 0. The Balaban J connectivity index is 1.76. The summed E-state index contributed by atoms with van der Waals surface area (Å²) in [5.74, 6) is 0.185. The number of hydrogen-bond donors (Lipinski definition) is 3. The average Bonchev–Trinajstić information content (AvgIpc) is 2.59. The second-order valence-corrected chi connectivity index (χ2v) is 4.93. The van der Waals surface area contributed by atoms with Gasteiger partial charge in [-0.3, -0.25) is 9.59 Å². The summed E-state index contributed by atoms with van der Waals surface area (Å²) in [5.41, 5.74) is 7.55. The van der Waals surface area contributed by atoms with E-state index in [0.29, 0.717) is 17.8 Å². The highest BCUT2D eigenvalue weighted by Crippen LogP contribution is 2.10. The predicted molar refractivity (Wildman–Crippen MR) is 88.0 cm³/mol. The van der Waals surface area contributed by atoms with Crippen LogP contribution in [-0.2, 0) is 11.3 Å². The summed E-state index contributed by atoms with van der Waals surface area (Å²) < 4.78 is 5.07. The summed E-state index contributed by atoms with van der Waals surface area (Å²) in [6.45, 7) is 0.305. The summed E-state index contributed by atoms with van der Waals surface area (Å²) in [7, 11) is 1.60. The third-order valence-electron chi connectivity index (χ3n) is 3.23. The molecular formula is C17H19N3O3. The van der Waals surface area contributed by atoms with Gasteiger partial charge in [-0.2, -0.15) is 0 Å². The number of carbonyl (C=O) groups excluding carboxylic acids is 2. The van der Waals surface area contributed by atoms with Crippen LogP contribution in [0.15, 0.2) is 48.5 Å². The molecule has 6 nitrogen and oxygen atoms in total. The van der Waals surface area contributed by atoms with Crippen molar-refractivity contribution in [1.29, 1.82) is 0 Å². The molecule has 0 aliphatic heterocycles. The van der Waals surface area contributed by atoms with Crippen LogP contribution in [0.3, 0.4) is 0 Å². The van der Waals surface area contributed by atoms with Crippen molar-refractivity contribution < 1.29 is 14.3 Å². The molecule has 0 aliphatic carbocycles. The molecule has 0 unspecified atom stereocenters. The molecule has 4 N–H and O–H groups in total. The van der Waals surface area contributed by atoms with E-state index in [9.17, 15) is 9.59 Å². The van der Waals surface area contributed by atoms with Crippen LogP contribution in [0.1, 0.15) is 15.9 Å². The summed E-state index contributed by atoms with van der Waals surface area (Å²) in [5, 5.41) is 5.30. The van der Waals surface area contributed by atoms with Crippen LogP contribution in [-0.4, -0.2) is 25.5 Å². The average molecular weight is 313 g/mol. The summed E-state index contributed by atoms with van der Waals surface area (Å²) in [6, 6.07) is 13.9. The van der Waals surface area contributed by atoms with E-state index in [4.69, 9.17) is 10.5 Å². The Morgan fingerprint density at radius 1 is 1.00 bits per heavy atom. The number of benzene rings is 2. The largest absolute Gasteiger partial charge is 0.497 e. The number of methoxy groups -OCH3 is 1. The molecule has 0 fully saturated rings. The predicted octanol–water partition coefficient (Wildman–Crippen LogP) is 1.32. The molecule has 2 aromatic rings. The Hall–Kier alpha value is -3.02. The second kappa shape index (κ2) is 7.84. The van der Waals surface area contributed by atoms with Crippen molar-refractivity contribution in [2.24, 2.45) is 0 Å². The minimum atomic E-state index is -0.315. The maximum Gasteiger partial charge on any atom is 0.251 e. The molecule has 0 radical (unpaired) electrons. The molecule has 0 heterocycles. The molecule has 0 saturated heterocycles. The van der Waals surface area contributed by atoms with Gasteiger partial charge in [0.05, 0.1) is 13.7 Å². The molecule has 6 heteroatoms. The normalized spacial score (nSPS) is 9.96.